The number of nitrogens with one attached hydrogen (secondary N) is 1. The first kappa shape index (κ1) is 18.0. The lowest BCUT2D eigenvalue weighted by Gasteiger charge is -2.32. The fraction of sp³-hybridized carbons (Fsp3) is 0.286. The van der Waals surface area contributed by atoms with E-state index in [2.05, 4.69) is 5.32 Å². The highest BCUT2D eigenvalue weighted by Crippen LogP contribution is 2.38. The summed E-state index contributed by atoms with van der Waals surface area (Å²) in [5.41, 5.74) is 2.14. The fourth-order valence-electron chi connectivity index (χ4n) is 3.84. The van der Waals surface area contributed by atoms with Gasteiger partial charge in [-0.3, -0.25) is 4.79 Å². The summed E-state index contributed by atoms with van der Waals surface area (Å²) in [6.07, 6.45) is 1.98. The molecule has 1 aliphatic rings. The number of pyridine rings is 1. The second kappa shape index (κ2) is 6.66. The molecule has 6 heteroatoms. The smallest absolute Gasteiger partial charge is 0.258 e. The van der Waals surface area contributed by atoms with Crippen LogP contribution in [0.1, 0.15) is 17.5 Å². The van der Waals surface area contributed by atoms with Gasteiger partial charge >= 0.3 is 0 Å². The molecular formula is C21H20ClFN2O2. The average molecular weight is 387 g/mol. The van der Waals surface area contributed by atoms with Crippen molar-refractivity contribution in [1.82, 2.24) is 4.57 Å². The van der Waals surface area contributed by atoms with Crippen molar-refractivity contribution in [3.8, 4) is 0 Å². The second-order valence-electron chi connectivity index (χ2n) is 7.08. The molecule has 27 heavy (non-hydrogen) atoms. The van der Waals surface area contributed by atoms with Crippen LogP contribution in [-0.2, 0) is 17.3 Å². The van der Waals surface area contributed by atoms with Gasteiger partial charge in [0, 0.05) is 42.4 Å². The third-order valence-electron chi connectivity index (χ3n) is 5.32. The van der Waals surface area contributed by atoms with Crippen molar-refractivity contribution in [2.75, 3.05) is 18.5 Å². The molecule has 1 saturated heterocycles. The van der Waals surface area contributed by atoms with Crippen LogP contribution >= 0.6 is 11.6 Å². The quantitative estimate of drug-likeness (QED) is 0.727. The first-order valence-electron chi connectivity index (χ1n) is 8.82. The summed E-state index contributed by atoms with van der Waals surface area (Å²) in [5, 5.41) is 4.91. The van der Waals surface area contributed by atoms with Gasteiger partial charge in [-0.2, -0.15) is 0 Å². The summed E-state index contributed by atoms with van der Waals surface area (Å²) in [4.78, 5) is 12.4. The largest absolute Gasteiger partial charge is 0.379 e. The van der Waals surface area contributed by atoms with E-state index in [4.69, 9.17) is 16.3 Å². The number of benzene rings is 2. The molecular weight excluding hydrogens is 367 g/mol. The van der Waals surface area contributed by atoms with Crippen LogP contribution in [0.4, 0.5) is 10.1 Å². The van der Waals surface area contributed by atoms with Crippen LogP contribution in [0, 0.1) is 12.7 Å². The van der Waals surface area contributed by atoms with Crippen molar-refractivity contribution in [3.63, 3.8) is 0 Å². The molecule has 1 aliphatic heterocycles. The highest BCUT2D eigenvalue weighted by molar-refractivity contribution is 6.31. The zero-order valence-electron chi connectivity index (χ0n) is 15.2. The fourth-order valence-corrected chi connectivity index (χ4v) is 4.02. The summed E-state index contributed by atoms with van der Waals surface area (Å²) in [6, 6.07) is 11.0. The predicted octanol–water partition coefficient (Wildman–Crippen LogP) is 4.37. The van der Waals surface area contributed by atoms with Gasteiger partial charge in [-0.25, -0.2) is 4.39 Å². The van der Waals surface area contributed by atoms with E-state index in [-0.39, 0.29) is 5.56 Å². The Balaban J connectivity index is 1.82. The van der Waals surface area contributed by atoms with Gasteiger partial charge in [0.05, 0.1) is 17.5 Å². The molecule has 1 atom stereocenters. The molecule has 0 saturated carbocycles. The lowest BCUT2D eigenvalue weighted by molar-refractivity contribution is 0.182. The van der Waals surface area contributed by atoms with E-state index in [1.54, 1.807) is 25.2 Å². The van der Waals surface area contributed by atoms with Gasteiger partial charge < -0.3 is 14.6 Å². The molecule has 4 rings (SSSR count). The van der Waals surface area contributed by atoms with Crippen molar-refractivity contribution in [2.24, 2.45) is 7.05 Å². The summed E-state index contributed by atoms with van der Waals surface area (Å²) >= 11 is 6.34. The molecule has 4 nitrogen and oxygen atoms in total. The van der Waals surface area contributed by atoms with E-state index < -0.39 is 11.4 Å². The number of anilines is 1. The molecule has 0 bridgehead atoms. The molecule has 0 radical (unpaired) electrons. The predicted molar refractivity (Wildman–Crippen MR) is 106 cm³/mol. The second-order valence-corrected chi connectivity index (χ2v) is 7.48. The first-order chi connectivity index (χ1) is 12.9. The lowest BCUT2D eigenvalue weighted by Crippen LogP contribution is -2.36. The first-order valence-corrected chi connectivity index (χ1v) is 9.19. The van der Waals surface area contributed by atoms with Gasteiger partial charge in [0.25, 0.3) is 5.56 Å². The Morgan fingerprint density at radius 3 is 2.81 bits per heavy atom. The normalized spacial score (nSPS) is 19.6. The number of ether oxygens (including phenoxy) is 1. The number of fused-ring (bicyclic) bond motifs is 1. The van der Waals surface area contributed by atoms with E-state index >= 15 is 0 Å². The van der Waals surface area contributed by atoms with Gasteiger partial charge in [-0.15, -0.1) is 0 Å². The van der Waals surface area contributed by atoms with Crippen LogP contribution in [0.2, 0.25) is 5.02 Å². The minimum atomic E-state index is -0.443. The molecule has 0 amide bonds. The molecule has 0 spiro atoms. The average Bonchev–Trinajstić information content (AvgIpc) is 3.11. The standard InChI is InChI=1S/C21H20ClFN2O2/c1-13-17(4-3-5-18(13)22)21(8-9-27-12-21)24-14-6-7-15-16(10-14)20(26)25(2)11-19(15)23/h3-7,10-11,24H,8-9,12H2,1-2H3. The van der Waals surface area contributed by atoms with Crippen LogP contribution in [0.25, 0.3) is 10.8 Å². The number of hydrogen-bond acceptors (Lipinski definition) is 3. The Labute approximate surface area is 161 Å². The molecule has 2 heterocycles. The van der Waals surface area contributed by atoms with Crippen LogP contribution < -0.4 is 10.9 Å². The maximum atomic E-state index is 14.2. The maximum absolute atomic E-state index is 14.2. The lowest BCUT2D eigenvalue weighted by atomic mass is 9.85. The maximum Gasteiger partial charge on any atom is 0.258 e. The van der Waals surface area contributed by atoms with E-state index in [0.29, 0.717) is 29.0 Å². The summed E-state index contributed by atoms with van der Waals surface area (Å²) in [7, 11) is 1.55. The van der Waals surface area contributed by atoms with Gasteiger partial charge in [0.2, 0.25) is 0 Å². The minimum Gasteiger partial charge on any atom is -0.379 e. The third-order valence-corrected chi connectivity index (χ3v) is 5.73. The van der Waals surface area contributed by atoms with Crippen molar-refractivity contribution < 1.29 is 9.13 Å². The third kappa shape index (κ3) is 3.01. The van der Waals surface area contributed by atoms with Gasteiger partial charge in [-0.1, -0.05) is 23.7 Å². The van der Waals surface area contributed by atoms with Gasteiger partial charge in [0.15, 0.2) is 0 Å². The van der Waals surface area contributed by atoms with Crippen molar-refractivity contribution in [3.05, 3.63) is 74.9 Å². The van der Waals surface area contributed by atoms with E-state index in [9.17, 15) is 9.18 Å². The SMILES string of the molecule is Cc1c(Cl)cccc1C1(Nc2ccc3c(F)cn(C)c(=O)c3c2)CCOC1. The van der Waals surface area contributed by atoms with E-state index in [1.165, 1.54) is 10.8 Å². The van der Waals surface area contributed by atoms with Crippen LogP contribution in [0.15, 0.2) is 47.4 Å². The molecule has 1 aromatic heterocycles. The van der Waals surface area contributed by atoms with Crippen molar-refractivity contribution in [1.29, 1.82) is 0 Å². The Hall–Kier alpha value is -2.37. The Bertz CT molecular complexity index is 1090. The molecule has 1 fully saturated rings. The summed E-state index contributed by atoms with van der Waals surface area (Å²) < 4.78 is 21.1. The zero-order valence-corrected chi connectivity index (χ0v) is 15.9. The zero-order chi connectivity index (χ0) is 19.2. The van der Waals surface area contributed by atoms with Crippen LogP contribution in [0.3, 0.4) is 0 Å². The topological polar surface area (TPSA) is 43.3 Å². The number of aryl methyl sites for hydroxylation is 1. The number of aromatic nitrogens is 1. The molecule has 140 valence electrons. The summed E-state index contributed by atoms with van der Waals surface area (Å²) in [5.74, 6) is -0.414. The van der Waals surface area contributed by atoms with Gasteiger partial charge in [0.1, 0.15) is 5.82 Å². The van der Waals surface area contributed by atoms with E-state index in [0.717, 1.165) is 23.2 Å². The Kier molecular flexibility index (Phi) is 4.44. The van der Waals surface area contributed by atoms with Crippen molar-refractivity contribution in [2.45, 2.75) is 18.9 Å². The molecule has 1 N–H and O–H groups in total. The summed E-state index contributed by atoms with van der Waals surface area (Å²) in [6.45, 7) is 3.11. The number of rotatable bonds is 3. The number of halogens is 2. The number of hydrogen-bond donors (Lipinski definition) is 1. The minimum absolute atomic E-state index is 0.231. The molecule has 1 unspecified atom stereocenters. The highest BCUT2D eigenvalue weighted by Gasteiger charge is 2.38. The van der Waals surface area contributed by atoms with Gasteiger partial charge in [-0.05, 0) is 42.3 Å². The number of nitrogens with zero attached hydrogens (tertiary/aromatic N) is 1. The molecule has 2 aromatic carbocycles. The molecule has 0 aliphatic carbocycles. The Morgan fingerprint density at radius 1 is 1.26 bits per heavy atom. The molecule has 3 aromatic rings. The van der Waals surface area contributed by atoms with E-state index in [1.807, 2.05) is 25.1 Å². The monoisotopic (exact) mass is 386 g/mol. The van der Waals surface area contributed by atoms with Crippen molar-refractivity contribution >= 4 is 28.1 Å². The van der Waals surface area contributed by atoms with Crippen LogP contribution in [-0.4, -0.2) is 17.8 Å². The highest BCUT2D eigenvalue weighted by atomic mass is 35.5. The van der Waals surface area contributed by atoms with Crippen LogP contribution in [0.5, 0.6) is 0 Å². The Morgan fingerprint density at radius 2 is 2.07 bits per heavy atom.